The molecule has 0 saturated heterocycles. The fourth-order valence-corrected chi connectivity index (χ4v) is 4.03. The average Bonchev–Trinajstić information content (AvgIpc) is 3.22. The zero-order valence-corrected chi connectivity index (χ0v) is 20.9. The van der Waals surface area contributed by atoms with Crippen molar-refractivity contribution >= 4 is 28.1 Å². The molecule has 0 saturated carbocycles. The number of rotatable bonds is 9. The largest absolute Gasteiger partial charge is 0.496 e. The lowest BCUT2D eigenvalue weighted by atomic mass is 10.2. The van der Waals surface area contributed by atoms with E-state index in [-0.39, 0.29) is 12.4 Å². The number of hydrogen-bond acceptors (Lipinski definition) is 6. The predicted octanol–water partition coefficient (Wildman–Crippen LogP) is 5.85. The van der Waals surface area contributed by atoms with Gasteiger partial charge in [0.05, 0.1) is 26.3 Å². The van der Waals surface area contributed by atoms with Gasteiger partial charge in [-0.3, -0.25) is 0 Å². The number of H-pyrrole nitrogens is 1. The van der Waals surface area contributed by atoms with Gasteiger partial charge in [-0.25, -0.2) is 14.2 Å². The monoisotopic (exact) mass is 544 g/mol. The second-order valence-electron chi connectivity index (χ2n) is 7.20. The van der Waals surface area contributed by atoms with E-state index in [9.17, 15) is 4.39 Å². The van der Waals surface area contributed by atoms with Crippen LogP contribution in [-0.4, -0.2) is 29.1 Å². The minimum Gasteiger partial charge on any atom is -0.496 e. The zero-order valence-electron chi connectivity index (χ0n) is 18.5. The van der Waals surface area contributed by atoms with Gasteiger partial charge in [-0.2, -0.15) is 5.10 Å². The SMILES string of the molecule is COc1cc(CNn2c(-c3ccccc3OC)n[nH]c2=S)c(Br)cc1OCc1ccccc1F. The molecule has 2 N–H and O–H groups in total. The van der Waals surface area contributed by atoms with Crippen LogP contribution in [0.2, 0.25) is 0 Å². The van der Waals surface area contributed by atoms with Gasteiger partial charge >= 0.3 is 0 Å². The van der Waals surface area contributed by atoms with Crippen molar-refractivity contribution in [3.8, 4) is 28.6 Å². The van der Waals surface area contributed by atoms with Crippen LogP contribution in [0.3, 0.4) is 0 Å². The molecule has 0 aliphatic carbocycles. The molecule has 176 valence electrons. The molecule has 0 amide bonds. The van der Waals surface area contributed by atoms with Gasteiger partial charge in [-0.05, 0) is 48.1 Å². The van der Waals surface area contributed by atoms with E-state index < -0.39 is 0 Å². The summed E-state index contributed by atoms with van der Waals surface area (Å²) in [6.07, 6.45) is 0. The molecule has 3 aromatic carbocycles. The Hall–Kier alpha value is -3.37. The topological polar surface area (TPSA) is 73.3 Å². The van der Waals surface area contributed by atoms with Crippen LogP contribution in [-0.2, 0) is 13.2 Å². The van der Waals surface area contributed by atoms with Gasteiger partial charge in [0.1, 0.15) is 18.2 Å². The van der Waals surface area contributed by atoms with Crippen molar-refractivity contribution in [3.05, 3.63) is 86.9 Å². The summed E-state index contributed by atoms with van der Waals surface area (Å²) in [6, 6.07) is 17.7. The molecule has 0 radical (unpaired) electrons. The van der Waals surface area contributed by atoms with Gasteiger partial charge in [0.15, 0.2) is 17.3 Å². The third-order valence-electron chi connectivity index (χ3n) is 5.12. The second kappa shape index (κ2) is 10.7. The molecular weight excluding hydrogens is 523 g/mol. The van der Waals surface area contributed by atoms with E-state index in [1.165, 1.54) is 6.07 Å². The van der Waals surface area contributed by atoms with E-state index in [4.69, 9.17) is 26.4 Å². The van der Waals surface area contributed by atoms with E-state index in [1.54, 1.807) is 43.2 Å². The maximum Gasteiger partial charge on any atom is 0.214 e. The molecule has 4 aromatic rings. The van der Waals surface area contributed by atoms with E-state index in [0.717, 1.165) is 15.6 Å². The molecule has 0 fully saturated rings. The normalized spacial score (nSPS) is 10.7. The summed E-state index contributed by atoms with van der Waals surface area (Å²) in [4.78, 5) is 0. The molecular formula is C24H22BrFN4O3S. The maximum atomic E-state index is 13.9. The van der Waals surface area contributed by atoms with Crippen molar-refractivity contribution in [3.63, 3.8) is 0 Å². The van der Waals surface area contributed by atoms with Gasteiger partial charge in [-0.1, -0.05) is 46.3 Å². The number of hydrogen-bond donors (Lipinski definition) is 2. The van der Waals surface area contributed by atoms with Crippen molar-refractivity contribution in [2.75, 3.05) is 19.6 Å². The Bertz CT molecular complexity index is 1360. The van der Waals surface area contributed by atoms with Crippen LogP contribution in [0.1, 0.15) is 11.1 Å². The molecule has 0 unspecified atom stereocenters. The molecule has 0 spiro atoms. The highest BCUT2D eigenvalue weighted by atomic mass is 79.9. The Morgan fingerprint density at radius 1 is 1.00 bits per heavy atom. The third-order valence-corrected chi connectivity index (χ3v) is 6.13. The second-order valence-corrected chi connectivity index (χ2v) is 8.44. The molecule has 34 heavy (non-hydrogen) atoms. The highest BCUT2D eigenvalue weighted by Gasteiger charge is 2.15. The maximum absolute atomic E-state index is 13.9. The van der Waals surface area contributed by atoms with Gasteiger partial charge in [0.2, 0.25) is 4.77 Å². The standard InChI is InChI=1S/C24H22BrFN4O3S/c1-31-20-10-6-4-8-17(20)23-28-29-24(34)30(23)27-13-16-11-21(32-2)22(12-18(16)25)33-14-15-7-3-5-9-19(15)26/h3-12,27H,13-14H2,1-2H3,(H,29,34). The van der Waals surface area contributed by atoms with Crippen molar-refractivity contribution in [1.29, 1.82) is 0 Å². The van der Waals surface area contributed by atoms with E-state index in [0.29, 0.717) is 40.0 Å². The van der Waals surface area contributed by atoms with Gasteiger partial charge in [-0.15, -0.1) is 0 Å². The van der Waals surface area contributed by atoms with Crippen LogP contribution >= 0.6 is 28.1 Å². The summed E-state index contributed by atoms with van der Waals surface area (Å²) in [6.45, 7) is 0.486. The molecule has 0 atom stereocenters. The summed E-state index contributed by atoms with van der Waals surface area (Å²) in [5.74, 6) is 1.98. The van der Waals surface area contributed by atoms with Crippen LogP contribution in [0.5, 0.6) is 17.2 Å². The number of ether oxygens (including phenoxy) is 3. The summed E-state index contributed by atoms with van der Waals surface area (Å²) < 4.78 is 33.6. The number of nitrogens with zero attached hydrogens (tertiary/aromatic N) is 2. The molecule has 0 bridgehead atoms. The number of para-hydroxylation sites is 1. The van der Waals surface area contributed by atoms with Crippen molar-refractivity contribution in [2.45, 2.75) is 13.2 Å². The average molecular weight is 545 g/mol. The zero-order chi connectivity index (χ0) is 24.1. The summed E-state index contributed by atoms with van der Waals surface area (Å²) in [5, 5.41) is 7.17. The third kappa shape index (κ3) is 5.07. The summed E-state index contributed by atoms with van der Waals surface area (Å²) in [5.41, 5.74) is 5.44. The first-order chi connectivity index (χ1) is 16.5. The lowest BCUT2D eigenvalue weighted by molar-refractivity contribution is 0.279. The van der Waals surface area contributed by atoms with Crippen LogP contribution < -0.4 is 19.6 Å². The van der Waals surface area contributed by atoms with Crippen LogP contribution in [0.25, 0.3) is 11.4 Å². The van der Waals surface area contributed by atoms with E-state index in [2.05, 4.69) is 31.6 Å². The van der Waals surface area contributed by atoms with E-state index in [1.807, 2.05) is 30.3 Å². The number of aromatic nitrogens is 3. The highest BCUT2D eigenvalue weighted by Crippen LogP contribution is 2.34. The summed E-state index contributed by atoms with van der Waals surface area (Å²) >= 11 is 9.01. The van der Waals surface area contributed by atoms with Crippen LogP contribution in [0.4, 0.5) is 4.39 Å². The van der Waals surface area contributed by atoms with Gasteiger partial charge < -0.3 is 19.6 Å². The first-order valence-corrected chi connectivity index (χ1v) is 11.5. The number of benzene rings is 3. The Morgan fingerprint density at radius 2 is 1.74 bits per heavy atom. The fraction of sp³-hybridized carbons (Fsp3) is 0.167. The Kier molecular flexibility index (Phi) is 7.49. The smallest absolute Gasteiger partial charge is 0.214 e. The Balaban J connectivity index is 1.55. The predicted molar refractivity (Wildman–Crippen MR) is 134 cm³/mol. The lowest BCUT2D eigenvalue weighted by Gasteiger charge is -2.16. The molecule has 10 heteroatoms. The molecule has 0 aliphatic heterocycles. The Morgan fingerprint density at radius 3 is 2.50 bits per heavy atom. The molecule has 1 aromatic heterocycles. The number of aromatic amines is 1. The minimum atomic E-state index is -0.316. The quantitative estimate of drug-likeness (QED) is 0.257. The van der Waals surface area contributed by atoms with Gasteiger partial charge in [0.25, 0.3) is 0 Å². The number of halogens is 2. The highest BCUT2D eigenvalue weighted by molar-refractivity contribution is 9.10. The number of nitrogens with one attached hydrogen (secondary N) is 2. The molecule has 0 aliphatic rings. The number of methoxy groups -OCH3 is 2. The van der Waals surface area contributed by atoms with Crippen LogP contribution in [0.15, 0.2) is 65.1 Å². The van der Waals surface area contributed by atoms with Gasteiger partial charge in [0, 0.05) is 10.0 Å². The molecule has 4 rings (SSSR count). The fourth-order valence-electron chi connectivity index (χ4n) is 3.37. The van der Waals surface area contributed by atoms with Crippen molar-refractivity contribution < 1.29 is 18.6 Å². The first-order valence-electron chi connectivity index (χ1n) is 10.3. The first kappa shape index (κ1) is 23.8. The van der Waals surface area contributed by atoms with E-state index >= 15 is 0 Å². The van der Waals surface area contributed by atoms with Crippen LogP contribution in [0, 0.1) is 10.6 Å². The van der Waals surface area contributed by atoms with Crippen molar-refractivity contribution in [1.82, 2.24) is 14.9 Å². The minimum absolute atomic E-state index is 0.0829. The summed E-state index contributed by atoms with van der Waals surface area (Å²) in [7, 11) is 3.17. The Labute approximate surface area is 209 Å². The van der Waals surface area contributed by atoms with Crippen molar-refractivity contribution in [2.24, 2.45) is 0 Å². The molecule has 1 heterocycles. The molecule has 7 nitrogen and oxygen atoms in total. The lowest BCUT2D eigenvalue weighted by Crippen LogP contribution is -2.16.